The number of amides is 2. The molecule has 0 unspecified atom stereocenters. The summed E-state index contributed by atoms with van der Waals surface area (Å²) in [6, 6.07) is 9.65. The molecular weight excluding hydrogens is 470 g/mol. The Hall–Kier alpha value is -2.61. The number of methoxy groups -OCH3 is 1. The van der Waals surface area contributed by atoms with E-state index < -0.39 is 17.2 Å². The minimum atomic E-state index is -1.04. The van der Waals surface area contributed by atoms with E-state index in [2.05, 4.69) is 24.1 Å². The van der Waals surface area contributed by atoms with E-state index in [0.717, 1.165) is 25.1 Å². The summed E-state index contributed by atoms with van der Waals surface area (Å²) in [6.45, 7) is 12.4. The second-order valence-corrected chi connectivity index (χ2v) is 12.3. The Morgan fingerprint density at radius 1 is 1.14 bits per heavy atom. The van der Waals surface area contributed by atoms with Crippen LogP contribution in [0.15, 0.2) is 30.3 Å². The lowest BCUT2D eigenvalue weighted by Crippen LogP contribution is -2.78. The third-order valence-electron chi connectivity index (χ3n) is 8.17. The van der Waals surface area contributed by atoms with Gasteiger partial charge in [-0.25, -0.2) is 4.79 Å². The normalized spacial score (nSPS) is 28.9. The number of esters is 1. The lowest BCUT2D eigenvalue weighted by molar-refractivity contribution is -0.159. The van der Waals surface area contributed by atoms with E-state index in [1.54, 1.807) is 4.90 Å². The topological polar surface area (TPSA) is 88.2 Å². The van der Waals surface area contributed by atoms with Gasteiger partial charge < -0.3 is 14.8 Å². The molecule has 3 aliphatic heterocycles. The summed E-state index contributed by atoms with van der Waals surface area (Å²) in [5, 5.41) is 3.20. The lowest BCUT2D eigenvalue weighted by atomic mass is 9.57. The van der Waals surface area contributed by atoms with Crippen molar-refractivity contribution in [1.82, 2.24) is 15.1 Å². The Morgan fingerprint density at radius 3 is 2.46 bits per heavy atom. The fraction of sp³-hybridized carbons (Fsp3) is 0.690. The number of nitrogens with one attached hydrogen (secondary N) is 1. The molecule has 0 spiro atoms. The summed E-state index contributed by atoms with van der Waals surface area (Å²) in [7, 11) is 1.41. The predicted molar refractivity (Wildman–Crippen MR) is 140 cm³/mol. The van der Waals surface area contributed by atoms with Crippen molar-refractivity contribution in [2.75, 3.05) is 26.7 Å². The number of hydrogen-bond donors (Lipinski definition) is 1. The van der Waals surface area contributed by atoms with Crippen LogP contribution in [0.3, 0.4) is 0 Å². The number of carbonyl (C=O) groups is 3. The summed E-state index contributed by atoms with van der Waals surface area (Å²) < 4.78 is 10.8. The molecule has 0 aromatic heterocycles. The van der Waals surface area contributed by atoms with E-state index in [4.69, 9.17) is 9.47 Å². The maximum absolute atomic E-state index is 14.4. The molecule has 0 radical (unpaired) electrons. The maximum Gasteiger partial charge on any atom is 0.411 e. The molecule has 2 amide bonds. The number of hydrogen-bond acceptors (Lipinski definition) is 6. The summed E-state index contributed by atoms with van der Waals surface area (Å²) in [5.41, 5.74) is -0.702. The smallest absolute Gasteiger partial charge is 0.411 e. The minimum absolute atomic E-state index is 0.00710. The van der Waals surface area contributed by atoms with Crippen LogP contribution in [0, 0.1) is 23.7 Å². The highest BCUT2D eigenvalue weighted by Gasteiger charge is 2.72. The van der Waals surface area contributed by atoms with Crippen molar-refractivity contribution in [1.29, 1.82) is 0 Å². The molecule has 1 aromatic carbocycles. The number of carbonyl (C=O) groups excluding carboxylic acids is 3. The molecule has 1 aliphatic carbocycles. The molecule has 3 saturated heterocycles. The first-order valence-electron chi connectivity index (χ1n) is 13.6. The standard InChI is InChI=1S/C29H43N3O5/c1-19(2)16-31-18-22-14-21-17-32(27(35)37-28(3,4)5)29(22,25(31)23(21)12-13-24(33)36-6)26(34)30-15-20-10-8-7-9-11-20/h7-11,19,21-23,25H,12-18H2,1-6H3,(H,30,34)/t21-,22+,23-,25+,29+/m1/s1. The van der Waals surface area contributed by atoms with E-state index >= 15 is 0 Å². The summed E-state index contributed by atoms with van der Waals surface area (Å²) in [4.78, 5) is 44.4. The van der Waals surface area contributed by atoms with E-state index in [1.165, 1.54) is 7.11 Å². The Kier molecular flexibility index (Phi) is 7.88. The third-order valence-corrected chi connectivity index (χ3v) is 8.17. The van der Waals surface area contributed by atoms with Crippen molar-refractivity contribution in [2.24, 2.45) is 23.7 Å². The first-order valence-corrected chi connectivity index (χ1v) is 13.6. The molecular formula is C29H43N3O5. The van der Waals surface area contributed by atoms with Crippen molar-refractivity contribution >= 4 is 18.0 Å². The average Bonchev–Trinajstić information content (AvgIpc) is 3.09. The van der Waals surface area contributed by atoms with Gasteiger partial charge in [-0.3, -0.25) is 19.4 Å². The van der Waals surface area contributed by atoms with Gasteiger partial charge in [0.15, 0.2) is 0 Å². The Labute approximate surface area is 221 Å². The van der Waals surface area contributed by atoms with Crippen LogP contribution in [0.5, 0.6) is 0 Å². The van der Waals surface area contributed by atoms with Crippen molar-refractivity contribution in [3.8, 4) is 0 Å². The Balaban J connectivity index is 1.74. The molecule has 5 atom stereocenters. The van der Waals surface area contributed by atoms with Crippen LogP contribution in [0.2, 0.25) is 0 Å². The summed E-state index contributed by atoms with van der Waals surface area (Å²) >= 11 is 0. The zero-order valence-electron chi connectivity index (χ0n) is 23.2. The quantitative estimate of drug-likeness (QED) is 0.532. The number of nitrogens with zero attached hydrogens (tertiary/aromatic N) is 2. The summed E-state index contributed by atoms with van der Waals surface area (Å²) in [5.74, 6) is 0.361. The van der Waals surface area contributed by atoms with Gasteiger partial charge in [0.05, 0.1) is 7.11 Å². The third kappa shape index (κ3) is 5.35. The van der Waals surface area contributed by atoms with Crippen LogP contribution in [0.1, 0.15) is 59.4 Å². The minimum Gasteiger partial charge on any atom is -0.469 e. The largest absolute Gasteiger partial charge is 0.469 e. The molecule has 5 rings (SSSR count). The highest BCUT2D eigenvalue weighted by atomic mass is 16.6. The molecule has 4 bridgehead atoms. The number of ether oxygens (including phenoxy) is 2. The second-order valence-electron chi connectivity index (χ2n) is 12.3. The number of benzene rings is 1. The molecule has 1 N–H and O–H groups in total. The fourth-order valence-electron chi connectivity index (χ4n) is 7.02. The maximum atomic E-state index is 14.4. The SMILES string of the molecule is COC(=O)CC[C@@H]1[C@@H]2C[C@H]3CN(CC(C)C)[C@@H]1[C@@]3(C(=O)NCc1ccccc1)N(C(=O)OC(C)(C)C)C2. The van der Waals surface area contributed by atoms with Gasteiger partial charge >= 0.3 is 12.1 Å². The molecule has 204 valence electrons. The van der Waals surface area contributed by atoms with Gasteiger partial charge in [0.2, 0.25) is 5.91 Å². The zero-order valence-corrected chi connectivity index (χ0v) is 23.2. The van der Waals surface area contributed by atoms with Gasteiger partial charge in [0, 0.05) is 44.6 Å². The van der Waals surface area contributed by atoms with Gasteiger partial charge in [-0.2, -0.15) is 0 Å². The molecule has 37 heavy (non-hydrogen) atoms. The van der Waals surface area contributed by atoms with Gasteiger partial charge in [0.1, 0.15) is 11.1 Å². The first kappa shape index (κ1) is 27.4. The molecule has 4 fully saturated rings. The van der Waals surface area contributed by atoms with E-state index in [0.29, 0.717) is 31.8 Å². The van der Waals surface area contributed by atoms with Crippen LogP contribution in [0.4, 0.5) is 4.79 Å². The lowest BCUT2D eigenvalue weighted by Gasteiger charge is -2.60. The highest BCUT2D eigenvalue weighted by Crippen LogP contribution is 2.58. The fourth-order valence-corrected chi connectivity index (χ4v) is 7.02. The van der Waals surface area contributed by atoms with Crippen LogP contribution in [-0.2, 0) is 25.6 Å². The molecule has 1 aromatic rings. The first-order chi connectivity index (χ1) is 17.5. The predicted octanol–water partition coefficient (Wildman–Crippen LogP) is 3.84. The molecule has 8 heteroatoms. The van der Waals surface area contributed by atoms with Crippen LogP contribution < -0.4 is 5.32 Å². The molecule has 8 nitrogen and oxygen atoms in total. The number of fused-ring (bicyclic) bond motifs is 1. The van der Waals surface area contributed by atoms with Gasteiger partial charge in [-0.15, -0.1) is 0 Å². The van der Waals surface area contributed by atoms with Crippen molar-refractivity contribution in [2.45, 2.75) is 77.6 Å². The monoisotopic (exact) mass is 513 g/mol. The average molecular weight is 514 g/mol. The van der Waals surface area contributed by atoms with Crippen LogP contribution >= 0.6 is 0 Å². The molecule has 4 aliphatic rings. The number of rotatable bonds is 8. The molecule has 3 heterocycles. The summed E-state index contributed by atoms with van der Waals surface area (Å²) in [6.07, 6.45) is 1.37. The Morgan fingerprint density at radius 2 is 1.84 bits per heavy atom. The van der Waals surface area contributed by atoms with Gasteiger partial charge in [0.25, 0.3) is 0 Å². The van der Waals surface area contributed by atoms with Crippen molar-refractivity contribution in [3.63, 3.8) is 0 Å². The second kappa shape index (κ2) is 10.6. The van der Waals surface area contributed by atoms with E-state index in [1.807, 2.05) is 51.1 Å². The highest BCUT2D eigenvalue weighted by molar-refractivity contribution is 5.93. The number of piperidine rings is 2. The number of likely N-dealkylation sites (tertiary alicyclic amines) is 1. The van der Waals surface area contributed by atoms with Crippen LogP contribution in [0.25, 0.3) is 0 Å². The van der Waals surface area contributed by atoms with Crippen molar-refractivity contribution < 1.29 is 23.9 Å². The Bertz CT molecular complexity index is 991. The van der Waals surface area contributed by atoms with E-state index in [-0.39, 0.29) is 35.7 Å². The molecule has 1 saturated carbocycles. The van der Waals surface area contributed by atoms with Gasteiger partial charge in [-0.1, -0.05) is 44.2 Å². The van der Waals surface area contributed by atoms with Gasteiger partial charge in [-0.05, 0) is 56.9 Å². The van der Waals surface area contributed by atoms with Crippen molar-refractivity contribution in [3.05, 3.63) is 35.9 Å². The zero-order chi connectivity index (χ0) is 27.0. The van der Waals surface area contributed by atoms with E-state index in [9.17, 15) is 14.4 Å². The van der Waals surface area contributed by atoms with Crippen LogP contribution in [-0.4, -0.2) is 71.7 Å².